The third kappa shape index (κ3) is 3.20. The van der Waals surface area contributed by atoms with Crippen LogP contribution in [0.15, 0.2) is 36.7 Å². The van der Waals surface area contributed by atoms with Crippen molar-refractivity contribution >= 4 is 11.6 Å². The van der Waals surface area contributed by atoms with Crippen LogP contribution in [0.25, 0.3) is 0 Å². The molecule has 0 saturated carbocycles. The zero-order valence-electron chi connectivity index (χ0n) is 13.8. The number of benzene rings is 1. The van der Waals surface area contributed by atoms with Gasteiger partial charge in [-0.05, 0) is 79.9 Å². The molecule has 1 amide bonds. The Morgan fingerprint density at radius 3 is 3.12 bits per heavy atom. The van der Waals surface area contributed by atoms with Crippen LogP contribution >= 0.6 is 0 Å². The Morgan fingerprint density at radius 2 is 2.25 bits per heavy atom. The number of amides is 1. The number of rotatable bonds is 4. The monoisotopic (exact) mass is 321 g/mol. The lowest BCUT2D eigenvalue weighted by Crippen LogP contribution is -2.15. The van der Waals surface area contributed by atoms with Gasteiger partial charge in [0.25, 0.3) is 5.91 Å². The maximum atomic E-state index is 12.6. The van der Waals surface area contributed by atoms with Crippen LogP contribution in [-0.4, -0.2) is 24.0 Å². The van der Waals surface area contributed by atoms with Crippen molar-refractivity contribution in [2.75, 3.05) is 18.4 Å². The van der Waals surface area contributed by atoms with Gasteiger partial charge in [-0.2, -0.15) is 0 Å². The quantitative estimate of drug-likeness (QED) is 0.910. The molecule has 2 aliphatic rings. The molecule has 1 fully saturated rings. The summed E-state index contributed by atoms with van der Waals surface area (Å²) in [7, 11) is 0. The first-order chi connectivity index (χ1) is 11.8. The number of anilines is 1. The van der Waals surface area contributed by atoms with Crippen molar-refractivity contribution in [2.24, 2.45) is 5.92 Å². The molecule has 4 nitrogen and oxygen atoms in total. The van der Waals surface area contributed by atoms with E-state index in [0.717, 1.165) is 43.6 Å². The molecule has 1 aromatic carbocycles. The van der Waals surface area contributed by atoms with Crippen LogP contribution in [0, 0.1) is 5.92 Å². The molecule has 1 aromatic heterocycles. The standard InChI is InChI=1S/C20H23N3O/c24-20(23-19-6-2-4-16-3-1-5-18(16)19)17-10-15(12-22-13-17)9-14-7-8-21-11-14/h2,4,6,10,12-14,21H,1,3,5,7-9,11H2,(H,23,24). The first-order valence-electron chi connectivity index (χ1n) is 8.86. The van der Waals surface area contributed by atoms with E-state index in [-0.39, 0.29) is 5.91 Å². The van der Waals surface area contributed by atoms with Crippen LogP contribution in [0.1, 0.15) is 39.9 Å². The lowest BCUT2D eigenvalue weighted by molar-refractivity contribution is 0.102. The number of aryl methyl sites for hydroxylation is 1. The van der Waals surface area contributed by atoms with Crippen LogP contribution in [-0.2, 0) is 19.3 Å². The minimum atomic E-state index is -0.0609. The number of pyridine rings is 1. The SMILES string of the molecule is O=C(Nc1cccc2c1CCC2)c1cncc(CC2CCNC2)c1. The number of hydrogen-bond acceptors (Lipinski definition) is 3. The number of carbonyl (C=O) groups is 1. The van der Waals surface area contributed by atoms with Gasteiger partial charge >= 0.3 is 0 Å². The lowest BCUT2D eigenvalue weighted by atomic mass is 9.99. The fourth-order valence-corrected chi connectivity index (χ4v) is 3.88. The molecule has 1 aliphatic carbocycles. The fourth-order valence-electron chi connectivity index (χ4n) is 3.88. The van der Waals surface area contributed by atoms with E-state index in [2.05, 4.69) is 21.7 Å². The molecule has 0 radical (unpaired) electrons. The van der Waals surface area contributed by atoms with Crippen molar-refractivity contribution in [3.8, 4) is 0 Å². The van der Waals surface area contributed by atoms with Crippen LogP contribution in [0.5, 0.6) is 0 Å². The van der Waals surface area contributed by atoms with Gasteiger partial charge in [0, 0.05) is 18.1 Å². The second kappa shape index (κ2) is 6.73. The van der Waals surface area contributed by atoms with Gasteiger partial charge in [0.05, 0.1) is 5.56 Å². The summed E-state index contributed by atoms with van der Waals surface area (Å²) in [4.78, 5) is 16.9. The molecule has 24 heavy (non-hydrogen) atoms. The topological polar surface area (TPSA) is 54.0 Å². The molecule has 1 aliphatic heterocycles. The normalized spacial score (nSPS) is 19.2. The van der Waals surface area contributed by atoms with Crippen LogP contribution < -0.4 is 10.6 Å². The number of nitrogens with one attached hydrogen (secondary N) is 2. The second-order valence-corrected chi connectivity index (χ2v) is 6.90. The number of nitrogens with zero attached hydrogens (tertiary/aromatic N) is 1. The summed E-state index contributed by atoms with van der Waals surface area (Å²) in [5.41, 5.74) is 5.42. The van der Waals surface area contributed by atoms with E-state index in [9.17, 15) is 4.79 Å². The Bertz CT molecular complexity index is 750. The smallest absolute Gasteiger partial charge is 0.257 e. The number of fused-ring (bicyclic) bond motifs is 1. The molecule has 0 bridgehead atoms. The van der Waals surface area contributed by atoms with E-state index in [1.54, 1.807) is 6.20 Å². The fraction of sp³-hybridized carbons (Fsp3) is 0.400. The maximum Gasteiger partial charge on any atom is 0.257 e. The number of aromatic nitrogens is 1. The first kappa shape index (κ1) is 15.3. The average molecular weight is 321 g/mol. The highest BCUT2D eigenvalue weighted by Gasteiger charge is 2.18. The maximum absolute atomic E-state index is 12.6. The third-order valence-corrected chi connectivity index (χ3v) is 5.14. The first-order valence-corrected chi connectivity index (χ1v) is 8.86. The zero-order valence-corrected chi connectivity index (χ0v) is 13.8. The van der Waals surface area contributed by atoms with E-state index in [4.69, 9.17) is 0 Å². The van der Waals surface area contributed by atoms with Gasteiger partial charge in [-0.1, -0.05) is 12.1 Å². The van der Waals surface area contributed by atoms with Crippen LogP contribution in [0.4, 0.5) is 5.69 Å². The number of hydrogen-bond donors (Lipinski definition) is 2. The van der Waals surface area contributed by atoms with Crippen molar-refractivity contribution in [1.82, 2.24) is 10.3 Å². The van der Waals surface area contributed by atoms with Gasteiger partial charge in [0.2, 0.25) is 0 Å². The van der Waals surface area contributed by atoms with E-state index in [1.165, 1.54) is 24.0 Å². The molecule has 2 aromatic rings. The van der Waals surface area contributed by atoms with Gasteiger partial charge in [0.1, 0.15) is 0 Å². The van der Waals surface area contributed by atoms with Crippen molar-refractivity contribution < 1.29 is 4.79 Å². The van der Waals surface area contributed by atoms with Crippen molar-refractivity contribution in [3.05, 3.63) is 58.9 Å². The average Bonchev–Trinajstić information content (AvgIpc) is 3.27. The minimum absolute atomic E-state index is 0.0609. The van der Waals surface area contributed by atoms with E-state index < -0.39 is 0 Å². The van der Waals surface area contributed by atoms with Crippen molar-refractivity contribution in [3.63, 3.8) is 0 Å². The molecule has 2 N–H and O–H groups in total. The largest absolute Gasteiger partial charge is 0.322 e. The van der Waals surface area contributed by atoms with Gasteiger partial charge in [-0.15, -0.1) is 0 Å². The molecule has 1 atom stereocenters. The molecule has 2 heterocycles. The molecule has 1 saturated heterocycles. The van der Waals surface area contributed by atoms with Crippen molar-refractivity contribution in [2.45, 2.75) is 32.1 Å². The summed E-state index contributed by atoms with van der Waals surface area (Å²) in [6, 6.07) is 8.19. The lowest BCUT2D eigenvalue weighted by Gasteiger charge is -2.12. The van der Waals surface area contributed by atoms with Crippen molar-refractivity contribution in [1.29, 1.82) is 0 Å². The Morgan fingerprint density at radius 1 is 1.29 bits per heavy atom. The summed E-state index contributed by atoms with van der Waals surface area (Å²) in [6.45, 7) is 2.16. The van der Waals surface area contributed by atoms with E-state index in [0.29, 0.717) is 11.5 Å². The Labute approximate surface area is 142 Å². The van der Waals surface area contributed by atoms with Gasteiger partial charge in [0.15, 0.2) is 0 Å². The Hall–Kier alpha value is -2.20. The molecule has 4 rings (SSSR count). The Balaban J connectivity index is 1.49. The summed E-state index contributed by atoms with van der Waals surface area (Å²) < 4.78 is 0. The zero-order chi connectivity index (χ0) is 16.4. The second-order valence-electron chi connectivity index (χ2n) is 6.90. The highest BCUT2D eigenvalue weighted by molar-refractivity contribution is 6.04. The summed E-state index contributed by atoms with van der Waals surface area (Å²) in [5, 5.41) is 6.47. The summed E-state index contributed by atoms with van der Waals surface area (Å²) >= 11 is 0. The molecular weight excluding hydrogens is 298 g/mol. The molecule has 0 spiro atoms. The van der Waals surface area contributed by atoms with Gasteiger partial charge in [-0.25, -0.2) is 0 Å². The van der Waals surface area contributed by atoms with E-state index in [1.807, 2.05) is 24.4 Å². The minimum Gasteiger partial charge on any atom is -0.322 e. The van der Waals surface area contributed by atoms with Crippen LogP contribution in [0.3, 0.4) is 0 Å². The molecular formula is C20H23N3O. The number of carbonyl (C=O) groups excluding carboxylic acids is 1. The Kier molecular flexibility index (Phi) is 4.30. The van der Waals surface area contributed by atoms with Gasteiger partial charge in [-0.3, -0.25) is 9.78 Å². The molecule has 124 valence electrons. The van der Waals surface area contributed by atoms with E-state index >= 15 is 0 Å². The third-order valence-electron chi connectivity index (χ3n) is 5.14. The van der Waals surface area contributed by atoms with Crippen LogP contribution in [0.2, 0.25) is 0 Å². The highest BCUT2D eigenvalue weighted by Crippen LogP contribution is 2.29. The highest BCUT2D eigenvalue weighted by atomic mass is 16.1. The molecule has 1 unspecified atom stereocenters. The summed E-state index contributed by atoms with van der Waals surface area (Å²) in [5.74, 6) is 0.594. The summed E-state index contributed by atoms with van der Waals surface area (Å²) in [6.07, 6.45) is 9.08. The van der Waals surface area contributed by atoms with Gasteiger partial charge < -0.3 is 10.6 Å². The molecule has 4 heteroatoms. The predicted octanol–water partition coefficient (Wildman–Crippen LogP) is 2.97. The predicted molar refractivity (Wildman–Crippen MR) is 95.3 cm³/mol.